The van der Waals surface area contributed by atoms with Crippen molar-refractivity contribution in [3.8, 4) is 6.07 Å². The van der Waals surface area contributed by atoms with E-state index in [-0.39, 0.29) is 23.7 Å². The standard InChI is InChI=1S/C26H31N5O2/c1-16(2)14-31-18(5)11-20(19(31)6)12-21(13-27)26(33)30(17(3)4)15-24-28-23-10-8-7-9-22(23)25(32)29-24/h7-12,16-17H,14-15H2,1-6H3,(H,28,29,32)/b21-12+. The summed E-state index contributed by atoms with van der Waals surface area (Å²) < 4.78 is 2.21. The molecule has 2 heterocycles. The molecule has 172 valence electrons. The summed E-state index contributed by atoms with van der Waals surface area (Å²) in [6.45, 7) is 13.1. The molecule has 3 aromatic rings. The van der Waals surface area contributed by atoms with Gasteiger partial charge in [0.2, 0.25) is 0 Å². The molecule has 0 aliphatic rings. The molecular weight excluding hydrogens is 414 g/mol. The maximum atomic E-state index is 13.4. The highest BCUT2D eigenvalue weighted by molar-refractivity contribution is 6.02. The molecule has 1 aromatic carbocycles. The van der Waals surface area contributed by atoms with E-state index in [0.717, 1.165) is 23.5 Å². The van der Waals surface area contributed by atoms with Crippen molar-refractivity contribution >= 4 is 22.9 Å². The van der Waals surface area contributed by atoms with Gasteiger partial charge in [-0.2, -0.15) is 5.26 Å². The van der Waals surface area contributed by atoms with Crippen molar-refractivity contribution in [2.75, 3.05) is 0 Å². The van der Waals surface area contributed by atoms with E-state index >= 15 is 0 Å². The fourth-order valence-electron chi connectivity index (χ4n) is 3.93. The number of amides is 1. The van der Waals surface area contributed by atoms with Crippen molar-refractivity contribution in [3.05, 3.63) is 69.0 Å². The SMILES string of the molecule is Cc1cc(/C=C(\C#N)C(=O)N(Cc2nc3ccccc3c(=O)[nH]2)C(C)C)c(C)n1CC(C)C. The molecule has 0 saturated carbocycles. The summed E-state index contributed by atoms with van der Waals surface area (Å²) in [6, 6.07) is 11.0. The van der Waals surface area contributed by atoms with E-state index in [1.165, 1.54) is 0 Å². The van der Waals surface area contributed by atoms with Crippen molar-refractivity contribution in [1.29, 1.82) is 5.26 Å². The summed E-state index contributed by atoms with van der Waals surface area (Å²) in [6.07, 6.45) is 1.66. The zero-order valence-electron chi connectivity index (χ0n) is 20.1. The van der Waals surface area contributed by atoms with Crippen molar-refractivity contribution in [2.24, 2.45) is 5.92 Å². The van der Waals surface area contributed by atoms with Gasteiger partial charge >= 0.3 is 0 Å². The summed E-state index contributed by atoms with van der Waals surface area (Å²) in [5.41, 5.74) is 3.35. The number of aryl methyl sites for hydroxylation is 1. The first kappa shape index (κ1) is 24.0. The largest absolute Gasteiger partial charge is 0.348 e. The van der Waals surface area contributed by atoms with Crippen LogP contribution >= 0.6 is 0 Å². The molecule has 0 saturated heterocycles. The summed E-state index contributed by atoms with van der Waals surface area (Å²) in [7, 11) is 0. The number of nitrogens with zero attached hydrogens (tertiary/aromatic N) is 4. The Bertz CT molecular complexity index is 1300. The fraction of sp³-hybridized carbons (Fsp3) is 0.385. The van der Waals surface area contributed by atoms with E-state index in [1.807, 2.05) is 39.8 Å². The molecule has 1 amide bonds. The number of carbonyl (C=O) groups excluding carboxylic acids is 1. The first-order valence-electron chi connectivity index (χ1n) is 11.2. The first-order chi connectivity index (χ1) is 15.6. The van der Waals surface area contributed by atoms with Gasteiger partial charge in [0.25, 0.3) is 11.5 Å². The van der Waals surface area contributed by atoms with E-state index < -0.39 is 5.91 Å². The maximum absolute atomic E-state index is 13.4. The number of aromatic nitrogens is 3. The highest BCUT2D eigenvalue weighted by Crippen LogP contribution is 2.21. The molecule has 0 bridgehead atoms. The zero-order chi connectivity index (χ0) is 24.3. The van der Waals surface area contributed by atoms with Gasteiger partial charge in [-0.05, 0) is 63.5 Å². The van der Waals surface area contributed by atoms with E-state index in [9.17, 15) is 14.9 Å². The number of hydrogen-bond donors (Lipinski definition) is 1. The molecule has 0 aliphatic carbocycles. The summed E-state index contributed by atoms with van der Waals surface area (Å²) >= 11 is 0. The monoisotopic (exact) mass is 445 g/mol. The minimum absolute atomic E-state index is 0.0524. The quantitative estimate of drug-likeness (QED) is 0.432. The van der Waals surface area contributed by atoms with E-state index in [1.54, 1.807) is 29.2 Å². The molecule has 0 unspecified atom stereocenters. The predicted octanol–water partition coefficient (Wildman–Crippen LogP) is 4.34. The van der Waals surface area contributed by atoms with Crippen LogP contribution in [-0.2, 0) is 17.9 Å². The zero-order valence-corrected chi connectivity index (χ0v) is 20.1. The molecule has 0 radical (unpaired) electrons. The second kappa shape index (κ2) is 9.86. The lowest BCUT2D eigenvalue weighted by Crippen LogP contribution is -2.38. The molecule has 7 nitrogen and oxygen atoms in total. The second-order valence-electron chi connectivity index (χ2n) is 9.06. The van der Waals surface area contributed by atoms with Crippen LogP contribution in [-0.4, -0.2) is 31.4 Å². The van der Waals surface area contributed by atoms with Crippen LogP contribution in [0.15, 0.2) is 40.7 Å². The highest BCUT2D eigenvalue weighted by Gasteiger charge is 2.23. The topological polar surface area (TPSA) is 94.8 Å². The minimum Gasteiger partial charge on any atom is -0.348 e. The van der Waals surface area contributed by atoms with Crippen LogP contribution < -0.4 is 5.56 Å². The van der Waals surface area contributed by atoms with Crippen LogP contribution in [0.25, 0.3) is 17.0 Å². The maximum Gasteiger partial charge on any atom is 0.265 e. The van der Waals surface area contributed by atoms with Gasteiger partial charge in [-0.15, -0.1) is 0 Å². The fourth-order valence-corrected chi connectivity index (χ4v) is 3.93. The van der Waals surface area contributed by atoms with Crippen LogP contribution in [0.1, 0.15) is 50.5 Å². The molecule has 3 rings (SSSR count). The van der Waals surface area contributed by atoms with E-state index in [4.69, 9.17) is 0 Å². The average Bonchev–Trinajstić information content (AvgIpc) is 3.02. The van der Waals surface area contributed by atoms with Crippen molar-refractivity contribution < 1.29 is 4.79 Å². The number of H-pyrrole nitrogens is 1. The van der Waals surface area contributed by atoms with Gasteiger partial charge in [-0.3, -0.25) is 9.59 Å². The molecule has 33 heavy (non-hydrogen) atoms. The Morgan fingerprint density at radius 3 is 2.58 bits per heavy atom. The lowest BCUT2D eigenvalue weighted by Gasteiger charge is -2.26. The Morgan fingerprint density at radius 1 is 1.24 bits per heavy atom. The van der Waals surface area contributed by atoms with Gasteiger partial charge < -0.3 is 14.5 Å². The Labute approximate surface area is 194 Å². The number of aromatic amines is 1. The van der Waals surface area contributed by atoms with E-state index in [0.29, 0.717) is 22.6 Å². The van der Waals surface area contributed by atoms with Gasteiger partial charge in [0.15, 0.2) is 0 Å². The van der Waals surface area contributed by atoms with Gasteiger partial charge in [-0.1, -0.05) is 26.0 Å². The third-order valence-corrected chi connectivity index (χ3v) is 5.68. The number of nitriles is 1. The van der Waals surface area contributed by atoms with Crippen molar-refractivity contribution in [2.45, 2.75) is 60.7 Å². The first-order valence-corrected chi connectivity index (χ1v) is 11.2. The Balaban J connectivity index is 1.95. The normalized spacial score (nSPS) is 11.9. The van der Waals surface area contributed by atoms with E-state index in [2.05, 4.69) is 34.5 Å². The van der Waals surface area contributed by atoms with Crippen LogP contribution in [0, 0.1) is 31.1 Å². The molecule has 0 fully saturated rings. The number of benzene rings is 1. The Hall–Kier alpha value is -3.66. The van der Waals surface area contributed by atoms with Crippen LogP contribution in [0.3, 0.4) is 0 Å². The number of nitrogens with one attached hydrogen (secondary N) is 1. The molecule has 7 heteroatoms. The summed E-state index contributed by atoms with van der Waals surface area (Å²) in [5, 5.41) is 10.3. The molecular formula is C26H31N5O2. The number of fused-ring (bicyclic) bond motifs is 1. The second-order valence-corrected chi connectivity index (χ2v) is 9.06. The Morgan fingerprint density at radius 2 is 1.94 bits per heavy atom. The van der Waals surface area contributed by atoms with Crippen LogP contribution in [0.4, 0.5) is 0 Å². The lowest BCUT2D eigenvalue weighted by molar-refractivity contribution is -0.129. The van der Waals surface area contributed by atoms with Crippen LogP contribution in [0.2, 0.25) is 0 Å². The number of hydrogen-bond acceptors (Lipinski definition) is 4. The molecule has 0 atom stereocenters. The molecule has 2 aromatic heterocycles. The smallest absolute Gasteiger partial charge is 0.265 e. The predicted molar refractivity (Wildman–Crippen MR) is 130 cm³/mol. The number of carbonyl (C=O) groups is 1. The lowest BCUT2D eigenvalue weighted by atomic mass is 10.1. The minimum atomic E-state index is -0.392. The van der Waals surface area contributed by atoms with Gasteiger partial charge in [0, 0.05) is 24.0 Å². The summed E-state index contributed by atoms with van der Waals surface area (Å²) in [5.74, 6) is 0.474. The molecule has 0 spiro atoms. The van der Waals surface area contributed by atoms with Crippen molar-refractivity contribution in [1.82, 2.24) is 19.4 Å². The molecule has 1 N–H and O–H groups in total. The third-order valence-electron chi connectivity index (χ3n) is 5.68. The highest BCUT2D eigenvalue weighted by atomic mass is 16.2. The van der Waals surface area contributed by atoms with Gasteiger partial charge in [0.1, 0.15) is 17.5 Å². The Kier molecular flexibility index (Phi) is 7.17. The molecule has 0 aliphatic heterocycles. The van der Waals surface area contributed by atoms with Crippen molar-refractivity contribution in [3.63, 3.8) is 0 Å². The van der Waals surface area contributed by atoms with Crippen LogP contribution in [0.5, 0.6) is 0 Å². The average molecular weight is 446 g/mol. The number of rotatable bonds is 7. The van der Waals surface area contributed by atoms with Gasteiger partial charge in [-0.25, -0.2) is 4.98 Å². The van der Waals surface area contributed by atoms with Gasteiger partial charge in [0.05, 0.1) is 17.4 Å². The number of para-hydroxylation sites is 1. The third kappa shape index (κ3) is 5.23. The summed E-state index contributed by atoms with van der Waals surface area (Å²) in [4.78, 5) is 34.6.